The van der Waals surface area contributed by atoms with E-state index in [2.05, 4.69) is 22.1 Å². The Morgan fingerprint density at radius 2 is 1.70 bits per heavy atom. The average Bonchev–Trinajstić information content (AvgIpc) is 3.09. The van der Waals surface area contributed by atoms with Crippen molar-refractivity contribution < 1.29 is 9.53 Å². The zero-order valence-corrected chi connectivity index (χ0v) is 15.0. The van der Waals surface area contributed by atoms with Gasteiger partial charge in [-0.2, -0.15) is 0 Å². The number of amides is 1. The van der Waals surface area contributed by atoms with Crippen LogP contribution in [0.5, 0.6) is 0 Å². The van der Waals surface area contributed by atoms with Crippen LogP contribution in [0.2, 0.25) is 5.02 Å². The lowest BCUT2D eigenvalue weighted by atomic mass is 9.97. The van der Waals surface area contributed by atoms with E-state index >= 15 is 0 Å². The van der Waals surface area contributed by atoms with Gasteiger partial charge in [0, 0.05) is 34.1 Å². The normalized spacial score (nSPS) is 18.2. The van der Waals surface area contributed by atoms with Crippen molar-refractivity contribution in [1.82, 2.24) is 10.3 Å². The topological polar surface area (TPSA) is 51.2 Å². The number of nitrogens with zero attached hydrogens (tertiary/aromatic N) is 1. The van der Waals surface area contributed by atoms with Crippen molar-refractivity contribution >= 4 is 17.7 Å². The van der Waals surface area contributed by atoms with Crippen LogP contribution in [0.25, 0.3) is 0 Å². The van der Waals surface area contributed by atoms with E-state index in [0.29, 0.717) is 5.02 Å². The van der Waals surface area contributed by atoms with Gasteiger partial charge in [-0.05, 0) is 29.8 Å². The molecular formula is C22H15ClN2O2. The molecule has 27 heavy (non-hydrogen) atoms. The number of carbonyl (C=O) groups excluding carboxylic acids is 1. The van der Waals surface area contributed by atoms with E-state index in [4.69, 9.17) is 16.3 Å². The highest BCUT2D eigenvalue weighted by Crippen LogP contribution is 2.39. The van der Waals surface area contributed by atoms with E-state index in [1.807, 2.05) is 54.6 Å². The molecule has 1 N–H and O–H groups in total. The second kappa shape index (κ2) is 7.53. The maximum absolute atomic E-state index is 11.9. The molecule has 5 heteroatoms. The van der Waals surface area contributed by atoms with Crippen LogP contribution in [-0.4, -0.2) is 11.1 Å². The smallest absolute Gasteiger partial charge is 0.408 e. The molecule has 0 radical (unpaired) electrons. The minimum atomic E-state index is -0.523. The quantitative estimate of drug-likeness (QED) is 0.664. The average molecular weight is 375 g/mol. The Kier molecular flexibility index (Phi) is 4.78. The highest BCUT2D eigenvalue weighted by atomic mass is 35.5. The first-order chi connectivity index (χ1) is 13.2. The summed E-state index contributed by atoms with van der Waals surface area (Å²) >= 11 is 6.30. The number of benzene rings is 2. The molecule has 132 valence electrons. The fourth-order valence-corrected chi connectivity index (χ4v) is 3.23. The summed E-state index contributed by atoms with van der Waals surface area (Å²) in [4.78, 5) is 16.2. The van der Waals surface area contributed by atoms with E-state index in [1.54, 1.807) is 18.5 Å². The molecule has 4 nitrogen and oxygen atoms in total. The van der Waals surface area contributed by atoms with Crippen LogP contribution >= 0.6 is 11.6 Å². The zero-order valence-electron chi connectivity index (χ0n) is 14.2. The molecule has 2 atom stereocenters. The predicted molar refractivity (Wildman–Crippen MR) is 103 cm³/mol. The Morgan fingerprint density at radius 1 is 0.963 bits per heavy atom. The Hall–Kier alpha value is -3.29. The lowest BCUT2D eigenvalue weighted by Gasteiger charge is -2.18. The molecular weight excluding hydrogens is 360 g/mol. The Bertz CT molecular complexity index is 1040. The molecule has 1 amide bonds. The zero-order chi connectivity index (χ0) is 18.6. The van der Waals surface area contributed by atoms with Crippen LogP contribution in [0.3, 0.4) is 0 Å². The summed E-state index contributed by atoms with van der Waals surface area (Å²) < 4.78 is 5.47. The molecule has 0 aliphatic carbocycles. The second-order valence-corrected chi connectivity index (χ2v) is 6.50. The molecule has 1 aliphatic heterocycles. The monoisotopic (exact) mass is 374 g/mol. The number of pyridine rings is 1. The van der Waals surface area contributed by atoms with E-state index < -0.39 is 12.2 Å². The largest absolute Gasteiger partial charge is 0.439 e. The number of rotatable bonds is 2. The van der Waals surface area contributed by atoms with Gasteiger partial charge in [-0.3, -0.25) is 4.98 Å². The SMILES string of the molecule is O=C1N[C@H](c2cncc(C#Cc3ccccc3)c2)[C@H](c2ccccc2Cl)O1. The summed E-state index contributed by atoms with van der Waals surface area (Å²) in [6.45, 7) is 0. The van der Waals surface area contributed by atoms with E-state index in [-0.39, 0.29) is 6.04 Å². The van der Waals surface area contributed by atoms with Crippen molar-refractivity contribution in [2.24, 2.45) is 0 Å². The lowest BCUT2D eigenvalue weighted by Crippen LogP contribution is -2.20. The van der Waals surface area contributed by atoms with E-state index in [0.717, 1.165) is 22.3 Å². The van der Waals surface area contributed by atoms with Gasteiger partial charge in [0.2, 0.25) is 0 Å². The molecule has 1 aliphatic rings. The van der Waals surface area contributed by atoms with Crippen LogP contribution in [0, 0.1) is 11.8 Å². The molecule has 4 rings (SSSR count). The number of halogens is 1. The number of hydrogen-bond donors (Lipinski definition) is 1. The molecule has 1 aromatic heterocycles. The summed E-state index contributed by atoms with van der Waals surface area (Å²) in [6, 6.07) is 18.6. The second-order valence-electron chi connectivity index (χ2n) is 6.09. The summed E-state index contributed by atoms with van der Waals surface area (Å²) in [5.74, 6) is 6.22. The van der Waals surface area contributed by atoms with E-state index in [1.165, 1.54) is 0 Å². The molecule has 2 heterocycles. The molecule has 2 aromatic carbocycles. The molecule has 1 fully saturated rings. The number of hydrogen-bond acceptors (Lipinski definition) is 3. The molecule has 3 aromatic rings. The summed E-state index contributed by atoms with van der Waals surface area (Å²) in [5.41, 5.74) is 3.25. The highest BCUT2D eigenvalue weighted by Gasteiger charge is 2.37. The van der Waals surface area contributed by atoms with Gasteiger partial charge in [-0.15, -0.1) is 0 Å². The van der Waals surface area contributed by atoms with Gasteiger partial charge >= 0.3 is 6.09 Å². The Labute approximate surface area is 162 Å². The summed E-state index contributed by atoms with van der Waals surface area (Å²) in [5, 5.41) is 3.39. The van der Waals surface area contributed by atoms with Crippen molar-refractivity contribution in [3.8, 4) is 11.8 Å². The van der Waals surface area contributed by atoms with Crippen molar-refractivity contribution in [3.63, 3.8) is 0 Å². The van der Waals surface area contributed by atoms with Gasteiger partial charge in [0.05, 0.1) is 0 Å². The molecule has 1 saturated heterocycles. The van der Waals surface area contributed by atoms with Crippen LogP contribution < -0.4 is 5.32 Å². The van der Waals surface area contributed by atoms with Crippen LogP contribution in [0.4, 0.5) is 4.79 Å². The van der Waals surface area contributed by atoms with Gasteiger partial charge < -0.3 is 10.1 Å². The number of alkyl carbamates (subject to hydrolysis) is 1. The van der Waals surface area contributed by atoms with Gasteiger partial charge in [0.15, 0.2) is 6.10 Å². The Balaban J connectivity index is 1.65. The molecule has 0 bridgehead atoms. The number of aromatic nitrogens is 1. The van der Waals surface area contributed by atoms with Gasteiger partial charge in [-0.25, -0.2) is 4.79 Å². The van der Waals surface area contributed by atoms with Gasteiger partial charge in [-0.1, -0.05) is 59.8 Å². The first kappa shape index (κ1) is 17.1. The maximum Gasteiger partial charge on any atom is 0.408 e. The number of carbonyl (C=O) groups is 1. The molecule has 0 spiro atoms. The van der Waals surface area contributed by atoms with E-state index in [9.17, 15) is 4.79 Å². The third-order valence-electron chi connectivity index (χ3n) is 4.27. The van der Waals surface area contributed by atoms with Crippen molar-refractivity contribution in [2.45, 2.75) is 12.1 Å². The highest BCUT2D eigenvalue weighted by molar-refractivity contribution is 6.31. The standard InChI is InChI=1S/C22H15ClN2O2/c23-19-9-5-4-8-18(19)21-20(25-22(26)27-21)17-12-16(13-24-14-17)11-10-15-6-2-1-3-7-15/h1-9,12-14,20-21H,(H,25,26)/t20-,21+/m1/s1. The van der Waals surface area contributed by atoms with Crippen molar-refractivity contribution in [3.05, 3.63) is 100 Å². The number of ether oxygens (including phenoxy) is 1. The van der Waals surface area contributed by atoms with Crippen LogP contribution in [0.1, 0.15) is 34.4 Å². The molecule has 0 unspecified atom stereocenters. The number of cyclic esters (lactones) is 1. The van der Waals surface area contributed by atoms with Crippen LogP contribution in [0.15, 0.2) is 73.1 Å². The fraction of sp³-hybridized carbons (Fsp3) is 0.0909. The number of nitrogens with one attached hydrogen (secondary N) is 1. The van der Waals surface area contributed by atoms with Crippen molar-refractivity contribution in [2.75, 3.05) is 0 Å². The summed E-state index contributed by atoms with van der Waals surface area (Å²) in [6.07, 6.45) is 2.40. The van der Waals surface area contributed by atoms with Gasteiger partial charge in [0.1, 0.15) is 6.04 Å². The van der Waals surface area contributed by atoms with Crippen LogP contribution in [-0.2, 0) is 4.74 Å². The minimum absolute atomic E-state index is 0.386. The summed E-state index contributed by atoms with van der Waals surface area (Å²) in [7, 11) is 0. The third-order valence-corrected chi connectivity index (χ3v) is 4.61. The Morgan fingerprint density at radius 3 is 2.52 bits per heavy atom. The predicted octanol–water partition coefficient (Wildman–Crippen LogP) is 4.66. The fourth-order valence-electron chi connectivity index (χ4n) is 2.99. The van der Waals surface area contributed by atoms with Gasteiger partial charge in [0.25, 0.3) is 0 Å². The third kappa shape index (κ3) is 3.79. The lowest BCUT2D eigenvalue weighted by molar-refractivity contribution is 0.132. The first-order valence-corrected chi connectivity index (χ1v) is 8.82. The molecule has 0 saturated carbocycles. The van der Waals surface area contributed by atoms with Crippen molar-refractivity contribution in [1.29, 1.82) is 0 Å². The maximum atomic E-state index is 11.9. The minimum Gasteiger partial charge on any atom is -0.439 e. The first-order valence-electron chi connectivity index (χ1n) is 8.44.